The Balaban J connectivity index is 1.34. The molecule has 3 fully saturated rings. The second kappa shape index (κ2) is 10.3. The lowest BCUT2D eigenvalue weighted by atomic mass is 9.71. The zero-order chi connectivity index (χ0) is 28.1. The van der Waals surface area contributed by atoms with E-state index in [1.165, 1.54) is 23.1 Å². The molecule has 9 nitrogen and oxygen atoms in total. The van der Waals surface area contributed by atoms with Crippen molar-refractivity contribution in [3.63, 3.8) is 0 Å². The van der Waals surface area contributed by atoms with Crippen LogP contribution in [0.3, 0.4) is 0 Å². The quantitative estimate of drug-likeness (QED) is 0.454. The van der Waals surface area contributed by atoms with Crippen LogP contribution in [0, 0.1) is 23.5 Å². The highest BCUT2D eigenvalue weighted by molar-refractivity contribution is 7.92. The summed E-state index contributed by atoms with van der Waals surface area (Å²) in [6.45, 7) is 0.396. The van der Waals surface area contributed by atoms with Crippen LogP contribution in [-0.4, -0.2) is 72.2 Å². The number of aliphatic hydroxyl groups is 2. The van der Waals surface area contributed by atoms with Gasteiger partial charge in [-0.05, 0) is 67.9 Å². The summed E-state index contributed by atoms with van der Waals surface area (Å²) in [5.74, 6) is -4.01. The second-order valence-corrected chi connectivity index (χ2v) is 12.9. The third kappa shape index (κ3) is 4.99. The lowest BCUT2D eigenvalue weighted by molar-refractivity contribution is -0.145. The average Bonchev–Trinajstić information content (AvgIpc) is 3.33. The Kier molecular flexibility index (Phi) is 7.34. The van der Waals surface area contributed by atoms with Crippen molar-refractivity contribution in [2.24, 2.45) is 11.8 Å². The van der Waals surface area contributed by atoms with E-state index in [0.29, 0.717) is 19.4 Å². The molecule has 2 amide bonds. The molecular weight excluding hydrogens is 558 g/mol. The number of rotatable bonds is 7. The number of benzene rings is 2. The molecule has 3 N–H and O–H groups in total. The maximum absolute atomic E-state index is 13.7. The second-order valence-electron chi connectivity index (χ2n) is 10.3. The van der Waals surface area contributed by atoms with Gasteiger partial charge in [0.25, 0.3) is 5.91 Å². The fourth-order valence-electron chi connectivity index (χ4n) is 6.11. The van der Waals surface area contributed by atoms with Gasteiger partial charge in [-0.3, -0.25) is 4.79 Å². The Hall–Kier alpha value is -2.80. The first-order valence-electron chi connectivity index (χ1n) is 12.5. The number of nitrogens with one attached hydrogen (secondary N) is 1. The summed E-state index contributed by atoms with van der Waals surface area (Å²) in [5.41, 5.74) is -1.61. The predicted octanol–water partition coefficient (Wildman–Crippen LogP) is 3.38. The van der Waals surface area contributed by atoms with Gasteiger partial charge < -0.3 is 25.2 Å². The number of fused-ring (bicyclic) bond motifs is 2. The van der Waals surface area contributed by atoms with Gasteiger partial charge in [-0.1, -0.05) is 11.6 Å². The van der Waals surface area contributed by atoms with Crippen molar-refractivity contribution in [2.75, 3.05) is 25.0 Å². The number of ether oxygens (including phenoxy) is 1. The maximum atomic E-state index is 13.7. The van der Waals surface area contributed by atoms with Crippen LogP contribution < -0.4 is 5.32 Å². The molecule has 0 spiro atoms. The van der Waals surface area contributed by atoms with Gasteiger partial charge in [0.2, 0.25) is 0 Å². The molecule has 2 aromatic carbocycles. The number of cyclic esters (lactones) is 1. The number of hydrogen-bond donors (Lipinski definition) is 3. The number of nitrogens with zero attached hydrogens (tertiary/aromatic N) is 1. The summed E-state index contributed by atoms with van der Waals surface area (Å²) in [7, 11) is -4.07. The number of carbonyl (C=O) groups is 2. The lowest BCUT2D eigenvalue weighted by Crippen LogP contribution is -2.58. The molecule has 210 valence electrons. The minimum absolute atomic E-state index is 0.0119. The molecule has 0 aromatic heterocycles. The highest BCUT2D eigenvalue weighted by Crippen LogP contribution is 2.53. The molecule has 2 bridgehead atoms. The lowest BCUT2D eigenvalue weighted by Gasteiger charge is -2.45. The van der Waals surface area contributed by atoms with E-state index in [2.05, 4.69) is 5.32 Å². The zero-order valence-electron chi connectivity index (χ0n) is 20.6. The number of hydrogen-bond acceptors (Lipinski definition) is 7. The van der Waals surface area contributed by atoms with Crippen molar-refractivity contribution in [1.29, 1.82) is 0 Å². The molecule has 3 aliphatic rings. The summed E-state index contributed by atoms with van der Waals surface area (Å²) < 4.78 is 59.1. The maximum Gasteiger partial charge on any atom is 0.410 e. The van der Waals surface area contributed by atoms with Gasteiger partial charge in [0, 0.05) is 17.3 Å². The number of sulfone groups is 1. The first kappa shape index (κ1) is 27.8. The van der Waals surface area contributed by atoms with Gasteiger partial charge in [0.15, 0.2) is 21.5 Å². The average molecular weight is 585 g/mol. The normalized spacial score (nSPS) is 27.4. The molecule has 2 saturated carbocycles. The SMILES string of the molecule is O=C(Nc1ccc(F)c(F)c1)c1ccc(Cl)c(S(=O)(=O)C2CC3CC[C@@H](C2)C3(O)C(O)CN2CCOC2=O)c1. The topological polar surface area (TPSA) is 133 Å². The van der Waals surface area contributed by atoms with Crippen molar-refractivity contribution in [1.82, 2.24) is 4.90 Å². The molecule has 0 radical (unpaired) electrons. The summed E-state index contributed by atoms with van der Waals surface area (Å²) in [4.78, 5) is 25.6. The van der Waals surface area contributed by atoms with Crippen LogP contribution in [0.15, 0.2) is 41.3 Å². The van der Waals surface area contributed by atoms with Crippen molar-refractivity contribution in [3.8, 4) is 0 Å². The van der Waals surface area contributed by atoms with Crippen LogP contribution in [0.25, 0.3) is 0 Å². The summed E-state index contributed by atoms with van der Waals surface area (Å²) in [5, 5.41) is 23.9. The Morgan fingerprint density at radius 1 is 1.15 bits per heavy atom. The van der Waals surface area contributed by atoms with Crippen molar-refractivity contribution >= 4 is 39.1 Å². The number of halogens is 3. The van der Waals surface area contributed by atoms with Gasteiger partial charge in [-0.15, -0.1) is 0 Å². The van der Waals surface area contributed by atoms with Gasteiger partial charge in [-0.25, -0.2) is 22.0 Å². The molecule has 1 heterocycles. The third-order valence-electron chi connectivity index (χ3n) is 8.15. The predicted molar refractivity (Wildman–Crippen MR) is 136 cm³/mol. The van der Waals surface area contributed by atoms with Crippen LogP contribution in [0.2, 0.25) is 5.02 Å². The van der Waals surface area contributed by atoms with Crippen molar-refractivity contribution < 1.29 is 41.7 Å². The first-order valence-corrected chi connectivity index (χ1v) is 14.5. The monoisotopic (exact) mass is 584 g/mol. The molecule has 13 heteroatoms. The van der Waals surface area contributed by atoms with E-state index < -0.39 is 62.3 Å². The third-order valence-corrected chi connectivity index (χ3v) is 10.8. The smallest absolute Gasteiger partial charge is 0.410 e. The number of anilines is 1. The van der Waals surface area contributed by atoms with Crippen molar-refractivity contribution in [2.45, 2.75) is 47.5 Å². The minimum atomic E-state index is -4.07. The largest absolute Gasteiger partial charge is 0.448 e. The van der Waals surface area contributed by atoms with Gasteiger partial charge >= 0.3 is 6.09 Å². The highest BCUT2D eigenvalue weighted by atomic mass is 35.5. The Morgan fingerprint density at radius 3 is 2.46 bits per heavy atom. The summed E-state index contributed by atoms with van der Waals surface area (Å²) >= 11 is 6.27. The van der Waals surface area contributed by atoms with Crippen LogP contribution in [0.5, 0.6) is 0 Å². The van der Waals surface area contributed by atoms with Gasteiger partial charge in [0.1, 0.15) is 12.7 Å². The molecule has 5 atom stereocenters. The highest BCUT2D eigenvalue weighted by Gasteiger charge is 2.59. The number of carbonyl (C=O) groups excluding carboxylic acids is 2. The van der Waals surface area contributed by atoms with Gasteiger partial charge in [-0.2, -0.15) is 0 Å². The van der Waals surface area contributed by atoms with Crippen molar-refractivity contribution in [3.05, 3.63) is 58.6 Å². The van der Waals surface area contributed by atoms with Crippen LogP contribution in [0.4, 0.5) is 19.3 Å². The van der Waals surface area contributed by atoms with Gasteiger partial charge in [0.05, 0.1) is 33.9 Å². The molecule has 1 saturated heterocycles. The molecule has 2 aliphatic carbocycles. The Bertz CT molecular complexity index is 1410. The van der Waals surface area contributed by atoms with E-state index in [0.717, 1.165) is 18.2 Å². The van der Waals surface area contributed by atoms with Crippen LogP contribution in [-0.2, 0) is 14.6 Å². The number of β-amino-alcohol motifs (C(OH)–C–C–N with tert-alkyl or cyclic N) is 1. The molecule has 39 heavy (non-hydrogen) atoms. The summed E-state index contributed by atoms with van der Waals surface area (Å²) in [6, 6.07) is 6.57. The standard InChI is InChI=1S/C26H27ClF2N2O7S/c27-19-5-1-14(24(33)30-17-4-6-20(28)21(29)12-17)9-22(19)39(36,37)18-10-15-2-3-16(11-18)26(15,35)23(32)13-31-7-8-38-25(31)34/h1,4-6,9,12,15-16,18,23,32,35H,2-3,7-8,10-11,13H2,(H,30,33)/t15-,16?,18?,23?,26?/m0/s1. The Morgan fingerprint density at radius 2 is 1.85 bits per heavy atom. The minimum Gasteiger partial charge on any atom is -0.448 e. The summed E-state index contributed by atoms with van der Waals surface area (Å²) in [6.07, 6.45) is -0.671. The molecule has 4 unspecified atom stereocenters. The first-order chi connectivity index (χ1) is 18.4. The molecule has 1 aliphatic heterocycles. The van der Waals surface area contributed by atoms with Crippen LogP contribution in [0.1, 0.15) is 36.0 Å². The van der Waals surface area contributed by atoms with E-state index in [1.807, 2.05) is 0 Å². The molecule has 5 rings (SSSR count). The molecular formula is C26H27ClF2N2O7S. The van der Waals surface area contributed by atoms with E-state index in [4.69, 9.17) is 16.3 Å². The fourth-order valence-corrected chi connectivity index (χ4v) is 8.51. The fraction of sp³-hybridized carbons (Fsp3) is 0.462. The van der Waals surface area contributed by atoms with Crippen LogP contribution >= 0.6 is 11.6 Å². The number of amides is 2. The van der Waals surface area contributed by atoms with E-state index in [9.17, 15) is 37.0 Å². The van der Waals surface area contributed by atoms with E-state index in [1.54, 1.807) is 0 Å². The zero-order valence-corrected chi connectivity index (χ0v) is 22.2. The Labute approximate surface area is 228 Å². The van der Waals surface area contributed by atoms with E-state index in [-0.39, 0.29) is 47.2 Å². The van der Waals surface area contributed by atoms with E-state index >= 15 is 0 Å². The number of aliphatic hydroxyl groups excluding tert-OH is 1. The molecule has 2 aromatic rings.